The first-order valence-corrected chi connectivity index (χ1v) is 10.5. The number of hydrogen-bond acceptors (Lipinski definition) is 4. The normalized spacial score (nSPS) is 19.5. The van der Waals surface area contributed by atoms with Crippen molar-refractivity contribution < 1.29 is 22.8 Å². The summed E-state index contributed by atoms with van der Waals surface area (Å²) in [5.41, 5.74) is 4.00. The second-order valence-corrected chi connectivity index (χ2v) is 7.98. The van der Waals surface area contributed by atoms with E-state index in [4.69, 9.17) is 4.84 Å². The third-order valence-electron chi connectivity index (χ3n) is 5.34. The molecular formula is C23H28F3N3O2. The van der Waals surface area contributed by atoms with Gasteiger partial charge in [0, 0.05) is 55.0 Å². The van der Waals surface area contributed by atoms with Gasteiger partial charge in [0.2, 0.25) is 0 Å². The van der Waals surface area contributed by atoms with E-state index >= 15 is 0 Å². The average molecular weight is 435 g/mol. The summed E-state index contributed by atoms with van der Waals surface area (Å²) in [4.78, 5) is 22.1. The van der Waals surface area contributed by atoms with Crippen LogP contribution in [0.3, 0.4) is 0 Å². The molecule has 0 spiro atoms. The monoisotopic (exact) mass is 435 g/mol. The Morgan fingerprint density at radius 2 is 1.65 bits per heavy atom. The summed E-state index contributed by atoms with van der Waals surface area (Å²) in [6.45, 7) is 7.35. The van der Waals surface area contributed by atoms with Gasteiger partial charge in [-0.05, 0) is 44.5 Å². The Hall–Kier alpha value is -2.58. The summed E-state index contributed by atoms with van der Waals surface area (Å²) < 4.78 is 41.2. The van der Waals surface area contributed by atoms with E-state index < -0.39 is 17.5 Å². The number of anilines is 1. The van der Waals surface area contributed by atoms with Crippen LogP contribution in [0.25, 0.3) is 0 Å². The standard InChI is InChI=1S/C23H28F3N3O2/c1-4-9-31-27-19-7-5-17(6-8-19)23(30)29-15(2)12-28(13-16(29)3)14-20-21(25)10-18(24)11-22(20)26/h5-8,10-11,15-16,27H,4,9,12-14H2,1-3H3. The number of nitrogens with one attached hydrogen (secondary N) is 1. The lowest BCUT2D eigenvalue weighted by Crippen LogP contribution is -2.58. The predicted molar refractivity (Wildman–Crippen MR) is 113 cm³/mol. The minimum atomic E-state index is -0.936. The molecule has 2 unspecified atom stereocenters. The maximum Gasteiger partial charge on any atom is 0.254 e. The van der Waals surface area contributed by atoms with Crippen LogP contribution in [0.15, 0.2) is 36.4 Å². The molecule has 8 heteroatoms. The zero-order valence-corrected chi connectivity index (χ0v) is 18.0. The summed E-state index contributed by atoms with van der Waals surface area (Å²) in [6, 6.07) is 8.13. The molecule has 1 heterocycles. The minimum Gasteiger partial charge on any atom is -0.331 e. The fourth-order valence-electron chi connectivity index (χ4n) is 3.97. The number of rotatable bonds is 7. The molecule has 2 atom stereocenters. The van der Waals surface area contributed by atoms with Gasteiger partial charge in [-0.3, -0.25) is 20.0 Å². The molecule has 3 rings (SSSR count). The average Bonchev–Trinajstić information content (AvgIpc) is 2.71. The van der Waals surface area contributed by atoms with Crippen molar-refractivity contribution in [2.24, 2.45) is 0 Å². The van der Waals surface area contributed by atoms with E-state index in [0.717, 1.165) is 12.1 Å². The first kappa shape index (κ1) is 23.1. The Morgan fingerprint density at radius 1 is 1.06 bits per heavy atom. The molecule has 2 aromatic carbocycles. The lowest BCUT2D eigenvalue weighted by molar-refractivity contribution is 0.0262. The lowest BCUT2D eigenvalue weighted by atomic mass is 10.0. The SMILES string of the molecule is CCCONc1ccc(C(=O)N2C(C)CN(Cc3c(F)cc(F)cc3F)CC2C)cc1. The summed E-state index contributed by atoms with van der Waals surface area (Å²) >= 11 is 0. The van der Waals surface area contributed by atoms with Crippen LogP contribution >= 0.6 is 0 Å². The molecule has 0 radical (unpaired) electrons. The van der Waals surface area contributed by atoms with Crippen LogP contribution in [0, 0.1) is 17.5 Å². The van der Waals surface area contributed by atoms with Crippen LogP contribution in [-0.4, -0.2) is 47.5 Å². The Morgan fingerprint density at radius 3 is 2.19 bits per heavy atom. The highest BCUT2D eigenvalue weighted by molar-refractivity contribution is 5.95. The van der Waals surface area contributed by atoms with Gasteiger partial charge in [0.1, 0.15) is 17.5 Å². The van der Waals surface area contributed by atoms with E-state index in [1.165, 1.54) is 0 Å². The third kappa shape index (κ3) is 5.57. The second kappa shape index (κ2) is 10.2. The van der Waals surface area contributed by atoms with Crippen LogP contribution < -0.4 is 5.48 Å². The van der Waals surface area contributed by atoms with Gasteiger partial charge in [-0.1, -0.05) is 6.92 Å². The summed E-state index contributed by atoms with van der Waals surface area (Å²) in [7, 11) is 0. The maximum atomic E-state index is 14.0. The van der Waals surface area contributed by atoms with Crippen molar-refractivity contribution in [3.8, 4) is 0 Å². The van der Waals surface area contributed by atoms with E-state index in [1.807, 2.05) is 25.7 Å². The summed E-state index contributed by atoms with van der Waals surface area (Å²) in [5.74, 6) is -2.82. The molecule has 0 saturated carbocycles. The van der Waals surface area contributed by atoms with E-state index in [9.17, 15) is 18.0 Å². The molecule has 31 heavy (non-hydrogen) atoms. The van der Waals surface area contributed by atoms with Gasteiger partial charge in [0.05, 0.1) is 12.3 Å². The fraction of sp³-hybridized carbons (Fsp3) is 0.435. The van der Waals surface area contributed by atoms with Crippen LogP contribution in [0.1, 0.15) is 43.1 Å². The van der Waals surface area contributed by atoms with Gasteiger partial charge in [-0.25, -0.2) is 13.2 Å². The molecule has 1 aliphatic rings. The first-order valence-electron chi connectivity index (χ1n) is 10.5. The summed E-state index contributed by atoms with van der Waals surface area (Å²) in [5, 5.41) is 0. The van der Waals surface area contributed by atoms with E-state index in [2.05, 4.69) is 5.48 Å². The van der Waals surface area contributed by atoms with Crippen LogP contribution in [0.5, 0.6) is 0 Å². The Kier molecular flexibility index (Phi) is 7.56. The number of carbonyl (C=O) groups is 1. The third-order valence-corrected chi connectivity index (χ3v) is 5.34. The van der Waals surface area contributed by atoms with Crippen LogP contribution in [0.4, 0.5) is 18.9 Å². The van der Waals surface area contributed by atoms with Gasteiger partial charge in [0.15, 0.2) is 0 Å². The van der Waals surface area contributed by atoms with Gasteiger partial charge in [0.25, 0.3) is 5.91 Å². The number of benzene rings is 2. The lowest BCUT2D eigenvalue weighted by Gasteiger charge is -2.44. The first-order chi connectivity index (χ1) is 14.8. The van der Waals surface area contributed by atoms with Crippen molar-refractivity contribution in [3.63, 3.8) is 0 Å². The molecule has 0 bridgehead atoms. The van der Waals surface area contributed by atoms with Crippen molar-refractivity contribution in [1.29, 1.82) is 0 Å². The molecule has 2 aromatic rings. The highest BCUT2D eigenvalue weighted by Crippen LogP contribution is 2.23. The smallest absolute Gasteiger partial charge is 0.254 e. The number of piperazine rings is 1. The van der Waals surface area contributed by atoms with Crippen LogP contribution in [0.2, 0.25) is 0 Å². The zero-order chi connectivity index (χ0) is 22.5. The molecule has 0 aliphatic carbocycles. The molecule has 1 saturated heterocycles. The Bertz CT molecular complexity index is 872. The zero-order valence-electron chi connectivity index (χ0n) is 18.0. The Balaban J connectivity index is 1.65. The number of hydrogen-bond donors (Lipinski definition) is 1. The predicted octanol–water partition coefficient (Wildman–Crippen LogP) is 4.59. The molecule has 0 aromatic heterocycles. The fourth-order valence-corrected chi connectivity index (χ4v) is 3.97. The molecule has 1 aliphatic heterocycles. The van der Waals surface area contributed by atoms with E-state index in [0.29, 0.717) is 37.4 Å². The number of halogens is 3. The van der Waals surface area contributed by atoms with Crippen molar-refractivity contribution in [3.05, 3.63) is 65.0 Å². The van der Waals surface area contributed by atoms with Gasteiger partial charge in [-0.15, -0.1) is 0 Å². The number of carbonyl (C=O) groups excluding carboxylic acids is 1. The highest BCUT2D eigenvalue weighted by atomic mass is 19.1. The molecule has 1 N–H and O–H groups in total. The molecule has 5 nitrogen and oxygen atoms in total. The van der Waals surface area contributed by atoms with Crippen molar-refractivity contribution >= 4 is 11.6 Å². The highest BCUT2D eigenvalue weighted by Gasteiger charge is 2.34. The minimum absolute atomic E-state index is 0.0206. The molecular weight excluding hydrogens is 407 g/mol. The van der Waals surface area contributed by atoms with Crippen molar-refractivity contribution in [2.45, 2.75) is 45.8 Å². The van der Waals surface area contributed by atoms with E-state index in [1.54, 1.807) is 29.2 Å². The van der Waals surface area contributed by atoms with Crippen LogP contribution in [-0.2, 0) is 11.4 Å². The largest absolute Gasteiger partial charge is 0.331 e. The summed E-state index contributed by atoms with van der Waals surface area (Å²) in [6.07, 6.45) is 0.895. The quantitative estimate of drug-likeness (QED) is 0.510. The Labute approximate surface area is 180 Å². The second-order valence-electron chi connectivity index (χ2n) is 7.98. The topological polar surface area (TPSA) is 44.8 Å². The van der Waals surface area contributed by atoms with Gasteiger partial charge < -0.3 is 4.90 Å². The number of nitrogens with zero attached hydrogens (tertiary/aromatic N) is 2. The maximum absolute atomic E-state index is 14.0. The van der Waals surface area contributed by atoms with Gasteiger partial charge in [-0.2, -0.15) is 0 Å². The van der Waals surface area contributed by atoms with Crippen molar-refractivity contribution in [1.82, 2.24) is 9.80 Å². The molecule has 168 valence electrons. The molecule has 1 amide bonds. The van der Waals surface area contributed by atoms with E-state index in [-0.39, 0.29) is 30.1 Å². The molecule has 1 fully saturated rings. The number of amides is 1. The van der Waals surface area contributed by atoms with Crippen molar-refractivity contribution in [2.75, 3.05) is 25.2 Å². The van der Waals surface area contributed by atoms with Gasteiger partial charge >= 0.3 is 0 Å².